The van der Waals surface area contributed by atoms with Crippen LogP contribution in [0.3, 0.4) is 0 Å². The maximum Gasteiger partial charge on any atom is 0.294 e. The number of amides is 1. The molecule has 1 amide bonds. The van der Waals surface area contributed by atoms with E-state index in [2.05, 4.69) is 10.9 Å². The summed E-state index contributed by atoms with van der Waals surface area (Å²) in [4.78, 5) is 10.7. The molecule has 0 aliphatic heterocycles. The number of carbonyl (C=O) groups excluding carboxylic acids is 1. The van der Waals surface area contributed by atoms with Crippen molar-refractivity contribution in [2.75, 3.05) is 5.75 Å². The molecule has 0 aliphatic rings. The quantitative estimate of drug-likeness (QED) is 0.372. The van der Waals surface area contributed by atoms with Crippen molar-refractivity contribution in [1.82, 2.24) is 5.48 Å². The molecule has 10 heteroatoms. The molecular formula is C7H13NO7S2. The molecule has 100 valence electrons. The molecule has 0 rings (SSSR count). The standard InChI is InChI=1S/C7H13NO7S2/c1-4-6(9)8-15-17(13,14)7(2,3)5-16(10,11)12/h4H,1,5H2,2-3H3,(H,8,9)(H,10,11,12). The highest BCUT2D eigenvalue weighted by atomic mass is 32.2. The van der Waals surface area contributed by atoms with E-state index in [9.17, 15) is 21.6 Å². The Hall–Kier alpha value is -0.970. The molecule has 0 aliphatic carbocycles. The van der Waals surface area contributed by atoms with Crippen molar-refractivity contribution in [3.8, 4) is 0 Å². The molecular weight excluding hydrogens is 274 g/mol. The van der Waals surface area contributed by atoms with E-state index in [4.69, 9.17) is 4.55 Å². The first-order chi connectivity index (χ1) is 7.41. The van der Waals surface area contributed by atoms with Gasteiger partial charge in [-0.15, -0.1) is 4.28 Å². The summed E-state index contributed by atoms with van der Waals surface area (Å²) in [5.74, 6) is -1.97. The van der Waals surface area contributed by atoms with Gasteiger partial charge in [0.1, 0.15) is 4.75 Å². The van der Waals surface area contributed by atoms with Crippen LogP contribution in [0.4, 0.5) is 0 Å². The van der Waals surface area contributed by atoms with Gasteiger partial charge in [-0.1, -0.05) is 6.58 Å². The molecule has 8 nitrogen and oxygen atoms in total. The van der Waals surface area contributed by atoms with Crippen LogP contribution in [0.15, 0.2) is 12.7 Å². The van der Waals surface area contributed by atoms with Crippen LogP contribution >= 0.6 is 0 Å². The predicted octanol–water partition coefficient (Wildman–Crippen LogP) is -0.784. The molecule has 2 N–H and O–H groups in total. The largest absolute Gasteiger partial charge is 0.294 e. The fourth-order valence-corrected chi connectivity index (χ4v) is 3.08. The van der Waals surface area contributed by atoms with Crippen LogP contribution in [0.25, 0.3) is 0 Å². The molecule has 0 fully saturated rings. The zero-order valence-corrected chi connectivity index (χ0v) is 10.8. The molecule has 0 radical (unpaired) electrons. The molecule has 0 heterocycles. The van der Waals surface area contributed by atoms with E-state index in [0.717, 1.165) is 19.9 Å². The maximum absolute atomic E-state index is 11.5. The van der Waals surface area contributed by atoms with E-state index in [1.54, 1.807) is 5.48 Å². The van der Waals surface area contributed by atoms with Crippen molar-refractivity contribution in [2.45, 2.75) is 18.6 Å². The normalized spacial score (nSPS) is 13.1. The summed E-state index contributed by atoms with van der Waals surface area (Å²) >= 11 is 0. The van der Waals surface area contributed by atoms with E-state index in [-0.39, 0.29) is 0 Å². The van der Waals surface area contributed by atoms with Crippen molar-refractivity contribution in [1.29, 1.82) is 0 Å². The van der Waals surface area contributed by atoms with Crippen molar-refractivity contribution in [3.63, 3.8) is 0 Å². The van der Waals surface area contributed by atoms with E-state index >= 15 is 0 Å². The van der Waals surface area contributed by atoms with Gasteiger partial charge in [-0.3, -0.25) is 9.35 Å². The van der Waals surface area contributed by atoms with Crippen LogP contribution in [0.2, 0.25) is 0 Å². The van der Waals surface area contributed by atoms with E-state index in [1.807, 2.05) is 0 Å². The van der Waals surface area contributed by atoms with Gasteiger partial charge >= 0.3 is 0 Å². The second-order valence-electron chi connectivity index (χ2n) is 3.69. The monoisotopic (exact) mass is 287 g/mol. The number of hydroxylamine groups is 1. The van der Waals surface area contributed by atoms with Gasteiger partial charge in [0.2, 0.25) is 0 Å². The van der Waals surface area contributed by atoms with Crippen molar-refractivity contribution in [2.24, 2.45) is 0 Å². The van der Waals surface area contributed by atoms with E-state index < -0.39 is 36.6 Å². The molecule has 0 aromatic heterocycles. The predicted molar refractivity (Wildman–Crippen MR) is 58.8 cm³/mol. The van der Waals surface area contributed by atoms with Crippen molar-refractivity contribution < 1.29 is 30.5 Å². The lowest BCUT2D eigenvalue weighted by atomic mass is 10.2. The Morgan fingerprint density at radius 3 is 2.24 bits per heavy atom. The lowest BCUT2D eigenvalue weighted by Gasteiger charge is -2.21. The van der Waals surface area contributed by atoms with Crippen LogP contribution in [0, 0.1) is 0 Å². The Balaban J connectivity index is 4.92. The minimum Gasteiger partial charge on any atom is -0.285 e. The smallest absolute Gasteiger partial charge is 0.285 e. The Morgan fingerprint density at radius 2 is 1.88 bits per heavy atom. The van der Waals surface area contributed by atoms with Gasteiger partial charge in [0.15, 0.2) is 0 Å². The molecule has 0 aromatic carbocycles. The summed E-state index contributed by atoms with van der Waals surface area (Å²) in [5.41, 5.74) is 1.54. The fraction of sp³-hybridized carbons (Fsp3) is 0.571. The van der Waals surface area contributed by atoms with Crippen molar-refractivity contribution in [3.05, 3.63) is 12.7 Å². The van der Waals surface area contributed by atoms with Crippen molar-refractivity contribution >= 4 is 26.1 Å². The molecule has 0 atom stereocenters. The molecule has 0 bridgehead atoms. The number of hydrogen-bond acceptors (Lipinski definition) is 6. The molecule has 0 saturated carbocycles. The highest BCUT2D eigenvalue weighted by Gasteiger charge is 2.40. The van der Waals surface area contributed by atoms with Crippen LogP contribution in [0.5, 0.6) is 0 Å². The summed E-state index contributed by atoms with van der Waals surface area (Å²) in [5, 5.41) is 0. The third kappa shape index (κ3) is 5.26. The van der Waals surface area contributed by atoms with Crippen LogP contribution in [-0.2, 0) is 29.3 Å². The number of hydrogen-bond donors (Lipinski definition) is 2. The highest BCUT2D eigenvalue weighted by Crippen LogP contribution is 2.19. The lowest BCUT2D eigenvalue weighted by molar-refractivity contribution is -0.122. The summed E-state index contributed by atoms with van der Waals surface area (Å²) < 4.78 is 55.0. The second-order valence-corrected chi connectivity index (χ2v) is 7.33. The zero-order chi connectivity index (χ0) is 13.9. The first-order valence-corrected chi connectivity index (χ1v) is 7.23. The molecule has 0 spiro atoms. The Labute approximate surface area is 99.5 Å². The van der Waals surface area contributed by atoms with Gasteiger partial charge in [0, 0.05) is 0 Å². The highest BCUT2D eigenvalue weighted by molar-refractivity contribution is 7.91. The third-order valence-corrected chi connectivity index (χ3v) is 4.71. The fourth-order valence-electron chi connectivity index (χ4n) is 0.762. The number of rotatable bonds is 6. The Bertz CT molecular complexity index is 502. The lowest BCUT2D eigenvalue weighted by Crippen LogP contribution is -2.43. The Morgan fingerprint density at radius 1 is 1.41 bits per heavy atom. The summed E-state index contributed by atoms with van der Waals surface area (Å²) in [7, 11) is -8.92. The van der Waals surface area contributed by atoms with Gasteiger partial charge in [0.25, 0.3) is 26.1 Å². The van der Waals surface area contributed by atoms with Crippen LogP contribution < -0.4 is 5.48 Å². The SMILES string of the molecule is C=CC(=O)NOS(=O)(=O)C(C)(C)CS(=O)(=O)O. The minimum absolute atomic E-state index is 0.769. The van der Waals surface area contributed by atoms with Gasteiger partial charge in [-0.05, 0) is 19.9 Å². The average Bonchev–Trinajstić information content (AvgIpc) is 2.10. The first-order valence-electron chi connectivity index (χ1n) is 4.22. The average molecular weight is 287 g/mol. The number of nitrogens with one attached hydrogen (secondary N) is 1. The maximum atomic E-state index is 11.5. The second kappa shape index (κ2) is 5.12. The summed E-state index contributed by atoms with van der Waals surface area (Å²) in [6, 6.07) is 0. The summed E-state index contributed by atoms with van der Waals surface area (Å²) in [6.45, 7) is 5.11. The topological polar surface area (TPSA) is 127 Å². The van der Waals surface area contributed by atoms with Gasteiger partial charge < -0.3 is 0 Å². The van der Waals surface area contributed by atoms with E-state index in [1.165, 1.54) is 0 Å². The van der Waals surface area contributed by atoms with E-state index in [0.29, 0.717) is 0 Å². The molecule has 0 unspecified atom stereocenters. The first kappa shape index (κ1) is 16.0. The molecule has 0 saturated heterocycles. The summed E-state index contributed by atoms with van der Waals surface area (Å²) in [6.07, 6.45) is 0.769. The number of carbonyl (C=O) groups is 1. The third-order valence-electron chi connectivity index (χ3n) is 1.64. The Kier molecular flexibility index (Phi) is 4.83. The molecule has 17 heavy (non-hydrogen) atoms. The van der Waals surface area contributed by atoms with Gasteiger partial charge in [0.05, 0.1) is 5.75 Å². The minimum atomic E-state index is -4.50. The zero-order valence-electron chi connectivity index (χ0n) is 9.20. The van der Waals surface area contributed by atoms with Gasteiger partial charge in [-0.2, -0.15) is 16.8 Å². The molecule has 0 aromatic rings. The van der Waals surface area contributed by atoms with Crippen LogP contribution in [-0.4, -0.2) is 37.8 Å². The van der Waals surface area contributed by atoms with Gasteiger partial charge in [-0.25, -0.2) is 5.48 Å². The van der Waals surface area contributed by atoms with Crippen LogP contribution in [0.1, 0.15) is 13.8 Å².